The zero-order valence-corrected chi connectivity index (χ0v) is 9.78. The Bertz CT molecular complexity index is 384. The van der Waals surface area contributed by atoms with E-state index in [1.807, 2.05) is 0 Å². The Labute approximate surface area is 98.8 Å². The second-order valence-electron chi connectivity index (χ2n) is 4.28. The van der Waals surface area contributed by atoms with Crippen LogP contribution in [0.25, 0.3) is 0 Å². The highest BCUT2D eigenvalue weighted by molar-refractivity contribution is 6.29. The molecule has 0 saturated heterocycles. The van der Waals surface area contributed by atoms with E-state index in [-0.39, 0.29) is 23.0 Å². The number of carbonyl (C=O) groups excluding carboxylic acids is 1. The number of hydrogen-bond donors (Lipinski definition) is 1. The summed E-state index contributed by atoms with van der Waals surface area (Å²) in [7, 11) is 1.73. The summed E-state index contributed by atoms with van der Waals surface area (Å²) in [5.41, 5.74) is 0. The molecule has 4 nitrogen and oxygen atoms in total. The zero-order valence-electron chi connectivity index (χ0n) is 9.02. The summed E-state index contributed by atoms with van der Waals surface area (Å²) in [4.78, 5) is 13.4. The molecule has 1 fully saturated rings. The van der Waals surface area contributed by atoms with Crippen LogP contribution in [0.15, 0.2) is 16.5 Å². The lowest BCUT2D eigenvalue weighted by Crippen LogP contribution is -2.39. The molecule has 0 aliphatic heterocycles. The van der Waals surface area contributed by atoms with Gasteiger partial charge in [-0.1, -0.05) is 0 Å². The van der Waals surface area contributed by atoms with Gasteiger partial charge in [0.15, 0.2) is 11.0 Å². The molecule has 1 aliphatic rings. The predicted octanol–water partition coefficient (Wildman–Crippen LogP) is 1.78. The summed E-state index contributed by atoms with van der Waals surface area (Å²) in [5, 5.41) is 9.37. The standard InChI is InChI=1S/C11H14ClNO3/c1-13(6-7-4-8(14)5-7)11(15)9-2-3-10(12)16-9/h2-3,7-8,14H,4-6H2,1H3. The van der Waals surface area contributed by atoms with Gasteiger partial charge in [-0.05, 0) is 42.5 Å². The maximum absolute atomic E-state index is 11.8. The number of aliphatic hydroxyl groups is 1. The average Bonchev–Trinajstić information content (AvgIpc) is 2.61. The number of carbonyl (C=O) groups is 1. The minimum absolute atomic E-state index is 0.173. The Balaban J connectivity index is 1.89. The maximum atomic E-state index is 11.8. The van der Waals surface area contributed by atoms with Gasteiger partial charge in [0, 0.05) is 13.6 Å². The van der Waals surface area contributed by atoms with Crippen LogP contribution in [0.5, 0.6) is 0 Å². The van der Waals surface area contributed by atoms with Gasteiger partial charge in [0.05, 0.1) is 6.10 Å². The van der Waals surface area contributed by atoms with Crippen molar-refractivity contribution in [3.8, 4) is 0 Å². The third-order valence-corrected chi connectivity index (χ3v) is 3.08. The molecule has 1 N–H and O–H groups in total. The van der Waals surface area contributed by atoms with Crippen molar-refractivity contribution in [1.29, 1.82) is 0 Å². The van der Waals surface area contributed by atoms with Crippen LogP contribution in [0.2, 0.25) is 5.22 Å². The lowest BCUT2D eigenvalue weighted by Gasteiger charge is -2.34. The van der Waals surface area contributed by atoms with Gasteiger partial charge in [0.2, 0.25) is 0 Å². The highest BCUT2D eigenvalue weighted by atomic mass is 35.5. The molecule has 1 aromatic rings. The first-order valence-corrected chi connectivity index (χ1v) is 5.63. The maximum Gasteiger partial charge on any atom is 0.289 e. The van der Waals surface area contributed by atoms with Crippen molar-refractivity contribution in [1.82, 2.24) is 4.90 Å². The summed E-state index contributed by atoms with van der Waals surface area (Å²) >= 11 is 5.60. The molecule has 16 heavy (non-hydrogen) atoms. The number of furan rings is 1. The molecule has 1 heterocycles. The molecule has 88 valence electrons. The second-order valence-corrected chi connectivity index (χ2v) is 4.65. The van der Waals surface area contributed by atoms with Gasteiger partial charge in [-0.2, -0.15) is 0 Å². The highest BCUT2D eigenvalue weighted by Crippen LogP contribution is 2.28. The van der Waals surface area contributed by atoms with Crippen LogP contribution in [0, 0.1) is 5.92 Å². The van der Waals surface area contributed by atoms with Gasteiger partial charge in [-0.3, -0.25) is 4.79 Å². The Morgan fingerprint density at radius 3 is 2.81 bits per heavy atom. The van der Waals surface area contributed by atoms with E-state index >= 15 is 0 Å². The summed E-state index contributed by atoms with van der Waals surface area (Å²) in [6.45, 7) is 0.647. The third kappa shape index (κ3) is 2.39. The van der Waals surface area contributed by atoms with Crippen molar-refractivity contribution in [3.63, 3.8) is 0 Å². The van der Waals surface area contributed by atoms with E-state index in [9.17, 15) is 4.79 Å². The summed E-state index contributed by atoms with van der Waals surface area (Å²) < 4.78 is 5.05. The predicted molar refractivity (Wildman–Crippen MR) is 59.4 cm³/mol. The van der Waals surface area contributed by atoms with Crippen molar-refractivity contribution < 1.29 is 14.3 Å². The smallest absolute Gasteiger partial charge is 0.289 e. The molecular weight excluding hydrogens is 230 g/mol. The van der Waals surface area contributed by atoms with Crippen molar-refractivity contribution >= 4 is 17.5 Å². The Hall–Kier alpha value is -1.00. The fourth-order valence-corrected chi connectivity index (χ4v) is 2.08. The monoisotopic (exact) mass is 243 g/mol. The Morgan fingerprint density at radius 1 is 1.62 bits per heavy atom. The van der Waals surface area contributed by atoms with Gasteiger partial charge in [0.1, 0.15) is 0 Å². The molecule has 0 unspecified atom stereocenters. The average molecular weight is 244 g/mol. The Morgan fingerprint density at radius 2 is 2.31 bits per heavy atom. The summed E-state index contributed by atoms with van der Waals surface area (Å²) in [6, 6.07) is 3.12. The zero-order chi connectivity index (χ0) is 11.7. The van der Waals surface area contributed by atoms with E-state index in [4.69, 9.17) is 21.1 Å². The number of aliphatic hydroxyl groups excluding tert-OH is 1. The minimum atomic E-state index is -0.188. The van der Waals surface area contributed by atoms with Gasteiger partial charge < -0.3 is 14.4 Å². The summed E-state index contributed by atoms with van der Waals surface area (Å²) in [6.07, 6.45) is 1.36. The first-order valence-electron chi connectivity index (χ1n) is 5.25. The van der Waals surface area contributed by atoms with Crippen molar-refractivity contribution in [3.05, 3.63) is 23.1 Å². The minimum Gasteiger partial charge on any atom is -0.440 e. The van der Waals surface area contributed by atoms with Gasteiger partial charge in [-0.15, -0.1) is 0 Å². The second kappa shape index (κ2) is 4.47. The molecule has 0 spiro atoms. The van der Waals surface area contributed by atoms with E-state index < -0.39 is 0 Å². The van der Waals surface area contributed by atoms with Gasteiger partial charge in [0.25, 0.3) is 5.91 Å². The normalized spacial score (nSPS) is 23.9. The fraction of sp³-hybridized carbons (Fsp3) is 0.545. The Kier molecular flexibility index (Phi) is 3.21. The van der Waals surface area contributed by atoms with E-state index in [2.05, 4.69) is 0 Å². The topological polar surface area (TPSA) is 53.7 Å². The van der Waals surface area contributed by atoms with E-state index in [1.54, 1.807) is 24.1 Å². The third-order valence-electron chi connectivity index (χ3n) is 2.87. The first-order chi connectivity index (χ1) is 7.56. The molecule has 0 aromatic carbocycles. The SMILES string of the molecule is CN(CC1CC(O)C1)C(=O)c1ccc(Cl)o1. The highest BCUT2D eigenvalue weighted by Gasteiger charge is 2.29. The number of amides is 1. The molecule has 1 aliphatic carbocycles. The van der Waals surface area contributed by atoms with Crippen LogP contribution in [0.3, 0.4) is 0 Å². The van der Waals surface area contributed by atoms with Crippen LogP contribution in [-0.2, 0) is 0 Å². The van der Waals surface area contributed by atoms with E-state index in [0.29, 0.717) is 12.5 Å². The number of nitrogens with zero attached hydrogens (tertiary/aromatic N) is 1. The van der Waals surface area contributed by atoms with Crippen molar-refractivity contribution in [2.24, 2.45) is 5.92 Å². The largest absolute Gasteiger partial charge is 0.440 e. The fourth-order valence-electron chi connectivity index (χ4n) is 1.94. The molecule has 1 saturated carbocycles. The van der Waals surface area contributed by atoms with Crippen molar-refractivity contribution in [2.75, 3.05) is 13.6 Å². The van der Waals surface area contributed by atoms with Crippen LogP contribution in [0.1, 0.15) is 23.4 Å². The molecule has 1 amide bonds. The van der Waals surface area contributed by atoms with Crippen LogP contribution in [-0.4, -0.2) is 35.6 Å². The van der Waals surface area contributed by atoms with Crippen LogP contribution >= 0.6 is 11.6 Å². The molecule has 5 heteroatoms. The quantitative estimate of drug-likeness (QED) is 0.881. The molecule has 0 atom stereocenters. The lowest BCUT2D eigenvalue weighted by molar-refractivity contribution is 0.0258. The number of rotatable bonds is 3. The summed E-state index contributed by atoms with van der Waals surface area (Å²) in [5.74, 6) is 0.482. The van der Waals surface area contributed by atoms with Gasteiger partial charge in [-0.25, -0.2) is 0 Å². The lowest BCUT2D eigenvalue weighted by atomic mass is 9.82. The number of halogens is 1. The van der Waals surface area contributed by atoms with E-state index in [0.717, 1.165) is 12.8 Å². The van der Waals surface area contributed by atoms with E-state index in [1.165, 1.54) is 0 Å². The van der Waals surface area contributed by atoms with Crippen molar-refractivity contribution in [2.45, 2.75) is 18.9 Å². The molecule has 0 bridgehead atoms. The van der Waals surface area contributed by atoms with Crippen LogP contribution in [0.4, 0.5) is 0 Å². The molecule has 1 aromatic heterocycles. The van der Waals surface area contributed by atoms with Crippen LogP contribution < -0.4 is 0 Å². The molecule has 2 rings (SSSR count). The molecule has 0 radical (unpaired) electrons. The number of hydrogen-bond acceptors (Lipinski definition) is 3. The van der Waals surface area contributed by atoms with Gasteiger partial charge >= 0.3 is 0 Å². The first kappa shape index (κ1) is 11.5. The molecular formula is C11H14ClNO3.